The zero-order chi connectivity index (χ0) is 17.6. The van der Waals surface area contributed by atoms with Crippen LogP contribution in [0.4, 0.5) is 13.6 Å². The smallest absolute Gasteiger partial charge is 0.318 e. The molecule has 6 heteroatoms. The lowest BCUT2D eigenvalue weighted by molar-refractivity contribution is 0.169. The topological polar surface area (TPSA) is 45.2 Å². The molecule has 1 heterocycles. The summed E-state index contributed by atoms with van der Waals surface area (Å²) >= 11 is 0. The first-order valence-electron chi connectivity index (χ1n) is 8.51. The van der Waals surface area contributed by atoms with Gasteiger partial charge in [-0.3, -0.25) is 4.98 Å². The quantitative estimate of drug-likeness (QED) is 0.890. The van der Waals surface area contributed by atoms with Gasteiger partial charge in [0.2, 0.25) is 0 Å². The number of aromatic nitrogens is 1. The lowest BCUT2D eigenvalue weighted by Crippen LogP contribution is -2.44. The van der Waals surface area contributed by atoms with Crippen molar-refractivity contribution < 1.29 is 13.6 Å². The van der Waals surface area contributed by atoms with E-state index in [-0.39, 0.29) is 24.2 Å². The Balaban J connectivity index is 1.72. The van der Waals surface area contributed by atoms with E-state index in [2.05, 4.69) is 10.3 Å². The fourth-order valence-electron chi connectivity index (χ4n) is 3.21. The predicted octanol–water partition coefficient (Wildman–Crippen LogP) is 4.01. The van der Waals surface area contributed by atoms with Crippen molar-refractivity contribution in [1.82, 2.24) is 15.2 Å². The third kappa shape index (κ3) is 4.53. The van der Waals surface area contributed by atoms with Gasteiger partial charge in [-0.05, 0) is 42.7 Å². The van der Waals surface area contributed by atoms with E-state index in [1.165, 1.54) is 0 Å². The molecule has 0 bridgehead atoms. The maximum Gasteiger partial charge on any atom is 0.318 e. The van der Waals surface area contributed by atoms with Crippen LogP contribution in [-0.4, -0.2) is 22.0 Å². The van der Waals surface area contributed by atoms with Gasteiger partial charge in [-0.15, -0.1) is 0 Å². The average Bonchev–Trinajstić information content (AvgIpc) is 3.15. The van der Waals surface area contributed by atoms with Gasteiger partial charge in [0.1, 0.15) is 11.6 Å². The Morgan fingerprint density at radius 2 is 2.04 bits per heavy atom. The van der Waals surface area contributed by atoms with Crippen LogP contribution in [0.3, 0.4) is 0 Å². The molecule has 0 spiro atoms. The van der Waals surface area contributed by atoms with Gasteiger partial charge in [0, 0.05) is 30.5 Å². The first-order valence-corrected chi connectivity index (χ1v) is 8.51. The van der Waals surface area contributed by atoms with E-state index in [1.54, 1.807) is 23.4 Å². The van der Waals surface area contributed by atoms with Gasteiger partial charge in [0.05, 0.1) is 6.54 Å². The number of hydrogen-bond acceptors (Lipinski definition) is 2. The van der Waals surface area contributed by atoms with Crippen molar-refractivity contribution in [1.29, 1.82) is 0 Å². The predicted molar refractivity (Wildman–Crippen MR) is 90.6 cm³/mol. The Morgan fingerprint density at radius 3 is 2.76 bits per heavy atom. The Kier molecular flexibility index (Phi) is 5.58. The number of urea groups is 1. The van der Waals surface area contributed by atoms with Crippen LogP contribution in [0.1, 0.15) is 36.8 Å². The first-order chi connectivity index (χ1) is 12.1. The zero-order valence-electron chi connectivity index (χ0n) is 13.9. The van der Waals surface area contributed by atoms with Crippen LogP contribution in [-0.2, 0) is 13.1 Å². The number of pyridine rings is 1. The highest BCUT2D eigenvalue weighted by molar-refractivity contribution is 5.74. The van der Waals surface area contributed by atoms with Gasteiger partial charge in [0.15, 0.2) is 0 Å². The zero-order valence-corrected chi connectivity index (χ0v) is 13.9. The lowest BCUT2D eigenvalue weighted by Gasteiger charge is -2.29. The molecule has 132 valence electrons. The number of rotatable bonds is 5. The summed E-state index contributed by atoms with van der Waals surface area (Å²) in [6.07, 6.45) is 7.22. The maximum absolute atomic E-state index is 14.0. The SMILES string of the molecule is O=C(NCc1cccnc1)N(Cc1cc(F)ccc1F)C1CCCC1. The lowest BCUT2D eigenvalue weighted by atomic mass is 10.1. The van der Waals surface area contributed by atoms with Crippen LogP contribution in [0.25, 0.3) is 0 Å². The Hall–Kier alpha value is -2.50. The first kappa shape index (κ1) is 17.3. The fraction of sp³-hybridized carbons (Fsp3) is 0.368. The molecule has 0 radical (unpaired) electrons. The molecule has 0 saturated heterocycles. The van der Waals surface area contributed by atoms with Gasteiger partial charge in [-0.2, -0.15) is 0 Å². The third-order valence-electron chi connectivity index (χ3n) is 4.54. The monoisotopic (exact) mass is 345 g/mol. The van der Waals surface area contributed by atoms with Crippen molar-refractivity contribution >= 4 is 6.03 Å². The summed E-state index contributed by atoms with van der Waals surface area (Å²) in [5, 5.41) is 2.86. The second-order valence-corrected chi connectivity index (χ2v) is 6.32. The summed E-state index contributed by atoms with van der Waals surface area (Å²) in [6, 6.07) is 6.81. The van der Waals surface area contributed by atoms with E-state index in [0.29, 0.717) is 6.54 Å². The number of nitrogens with one attached hydrogen (secondary N) is 1. The molecular weight excluding hydrogens is 324 g/mol. The molecule has 0 unspecified atom stereocenters. The van der Waals surface area contributed by atoms with E-state index < -0.39 is 11.6 Å². The minimum Gasteiger partial charge on any atom is -0.334 e. The van der Waals surface area contributed by atoms with E-state index in [1.807, 2.05) is 6.07 Å². The molecule has 1 N–H and O–H groups in total. The molecule has 1 saturated carbocycles. The van der Waals surface area contributed by atoms with Crippen LogP contribution in [0.15, 0.2) is 42.7 Å². The van der Waals surface area contributed by atoms with Gasteiger partial charge in [-0.1, -0.05) is 18.9 Å². The molecule has 1 aliphatic carbocycles. The molecule has 0 aliphatic heterocycles. The molecule has 25 heavy (non-hydrogen) atoms. The maximum atomic E-state index is 14.0. The highest BCUT2D eigenvalue weighted by atomic mass is 19.1. The van der Waals surface area contributed by atoms with Crippen molar-refractivity contribution in [3.8, 4) is 0 Å². The summed E-state index contributed by atoms with van der Waals surface area (Å²) in [6.45, 7) is 0.411. The van der Waals surface area contributed by atoms with Crippen LogP contribution in [0.2, 0.25) is 0 Å². The number of nitrogens with zero attached hydrogens (tertiary/aromatic N) is 2. The summed E-state index contributed by atoms with van der Waals surface area (Å²) in [7, 11) is 0. The van der Waals surface area contributed by atoms with Crippen molar-refractivity contribution in [3.05, 3.63) is 65.5 Å². The van der Waals surface area contributed by atoms with E-state index in [0.717, 1.165) is 49.4 Å². The number of carbonyl (C=O) groups excluding carboxylic acids is 1. The van der Waals surface area contributed by atoms with Gasteiger partial charge in [-0.25, -0.2) is 13.6 Å². The largest absolute Gasteiger partial charge is 0.334 e. The Labute approximate surface area is 145 Å². The summed E-state index contributed by atoms with van der Waals surface area (Å²) in [5.74, 6) is -0.997. The summed E-state index contributed by atoms with van der Waals surface area (Å²) in [4.78, 5) is 18.3. The number of hydrogen-bond donors (Lipinski definition) is 1. The second kappa shape index (κ2) is 8.05. The van der Waals surface area contributed by atoms with E-state index in [4.69, 9.17) is 0 Å². The summed E-state index contributed by atoms with van der Waals surface area (Å²) in [5.41, 5.74) is 1.09. The van der Waals surface area contributed by atoms with Crippen molar-refractivity contribution in [2.24, 2.45) is 0 Å². The van der Waals surface area contributed by atoms with Crippen LogP contribution in [0, 0.1) is 11.6 Å². The Bertz CT molecular complexity index is 718. The van der Waals surface area contributed by atoms with Gasteiger partial charge < -0.3 is 10.2 Å². The molecule has 4 nitrogen and oxygen atoms in total. The standard InChI is InChI=1S/C19H21F2N3O/c20-16-7-8-18(21)15(10-16)13-24(17-5-1-2-6-17)19(25)23-12-14-4-3-9-22-11-14/h3-4,7-11,17H,1-2,5-6,12-13H2,(H,23,25). The minimum absolute atomic E-state index is 0.0524. The minimum atomic E-state index is -0.501. The van der Waals surface area contributed by atoms with Crippen LogP contribution < -0.4 is 5.32 Å². The number of carbonyl (C=O) groups is 1. The molecule has 1 aliphatic rings. The number of benzene rings is 1. The Morgan fingerprint density at radius 1 is 1.24 bits per heavy atom. The average molecular weight is 345 g/mol. The van der Waals surface area contributed by atoms with Crippen molar-refractivity contribution in [3.63, 3.8) is 0 Å². The van der Waals surface area contributed by atoms with Crippen molar-refractivity contribution in [2.45, 2.75) is 44.8 Å². The van der Waals surface area contributed by atoms with E-state index in [9.17, 15) is 13.6 Å². The number of amides is 2. The molecule has 3 rings (SSSR count). The molecule has 1 aromatic carbocycles. The van der Waals surface area contributed by atoms with Gasteiger partial charge >= 0.3 is 6.03 Å². The highest BCUT2D eigenvalue weighted by Crippen LogP contribution is 2.26. The molecule has 1 fully saturated rings. The van der Waals surface area contributed by atoms with Crippen LogP contribution >= 0.6 is 0 Å². The molecule has 1 aromatic heterocycles. The third-order valence-corrected chi connectivity index (χ3v) is 4.54. The number of halogens is 2. The van der Waals surface area contributed by atoms with Crippen molar-refractivity contribution in [2.75, 3.05) is 0 Å². The second-order valence-electron chi connectivity index (χ2n) is 6.32. The molecular formula is C19H21F2N3O. The molecule has 2 amide bonds. The molecule has 2 aromatic rings. The van der Waals surface area contributed by atoms with Gasteiger partial charge in [0.25, 0.3) is 0 Å². The fourth-order valence-corrected chi connectivity index (χ4v) is 3.21. The van der Waals surface area contributed by atoms with E-state index >= 15 is 0 Å². The van der Waals surface area contributed by atoms with Crippen LogP contribution in [0.5, 0.6) is 0 Å². The normalized spacial score (nSPS) is 14.5. The molecule has 0 atom stereocenters. The summed E-state index contributed by atoms with van der Waals surface area (Å²) < 4.78 is 27.5. The highest BCUT2D eigenvalue weighted by Gasteiger charge is 2.27.